The highest BCUT2D eigenvalue weighted by Crippen LogP contribution is 2.26. The van der Waals surface area contributed by atoms with Gasteiger partial charge in [-0.1, -0.05) is 18.1 Å². The molecule has 6 nitrogen and oxygen atoms in total. The number of aromatic nitrogens is 3. The standard InChI is InChI=1S/C17H14N4O2/c1-2-7-22-14-9-12(11-18)8-13(10-14)17-20-16(21-23-17)15-5-3-4-6-19-15/h3-6,8-10H,2,7H2,1H3. The van der Waals surface area contributed by atoms with Crippen LogP contribution in [0.3, 0.4) is 0 Å². The summed E-state index contributed by atoms with van der Waals surface area (Å²) in [6.07, 6.45) is 2.55. The number of nitrogens with zero attached hydrogens (tertiary/aromatic N) is 4. The summed E-state index contributed by atoms with van der Waals surface area (Å²) in [6.45, 7) is 2.60. The van der Waals surface area contributed by atoms with Gasteiger partial charge in [0.2, 0.25) is 5.82 Å². The van der Waals surface area contributed by atoms with Gasteiger partial charge in [-0.25, -0.2) is 0 Å². The van der Waals surface area contributed by atoms with Gasteiger partial charge in [-0.05, 0) is 36.8 Å². The van der Waals surface area contributed by atoms with E-state index < -0.39 is 0 Å². The first kappa shape index (κ1) is 14.7. The summed E-state index contributed by atoms with van der Waals surface area (Å²) in [5.41, 5.74) is 1.75. The molecule has 3 aromatic rings. The monoisotopic (exact) mass is 306 g/mol. The maximum atomic E-state index is 9.16. The summed E-state index contributed by atoms with van der Waals surface area (Å²) < 4.78 is 10.9. The molecule has 2 aromatic heterocycles. The molecule has 0 unspecified atom stereocenters. The highest BCUT2D eigenvalue weighted by atomic mass is 16.5. The van der Waals surface area contributed by atoms with E-state index in [1.54, 1.807) is 30.5 Å². The zero-order chi connectivity index (χ0) is 16.1. The van der Waals surface area contributed by atoms with Crippen LogP contribution in [0.1, 0.15) is 18.9 Å². The van der Waals surface area contributed by atoms with Crippen molar-refractivity contribution < 1.29 is 9.26 Å². The van der Waals surface area contributed by atoms with E-state index in [0.717, 1.165) is 6.42 Å². The van der Waals surface area contributed by atoms with E-state index in [-0.39, 0.29) is 0 Å². The molecule has 0 aliphatic heterocycles. The maximum absolute atomic E-state index is 9.16. The Morgan fingerprint density at radius 2 is 2.17 bits per heavy atom. The van der Waals surface area contributed by atoms with Crippen LogP contribution in [0.25, 0.3) is 23.0 Å². The van der Waals surface area contributed by atoms with Crippen molar-refractivity contribution in [3.63, 3.8) is 0 Å². The molecule has 0 saturated carbocycles. The molecule has 0 bridgehead atoms. The van der Waals surface area contributed by atoms with Crippen LogP contribution in [0.15, 0.2) is 47.1 Å². The van der Waals surface area contributed by atoms with Crippen LogP contribution in [0, 0.1) is 11.3 Å². The molecule has 0 saturated heterocycles. The van der Waals surface area contributed by atoms with E-state index in [1.807, 2.05) is 19.1 Å². The van der Waals surface area contributed by atoms with E-state index in [9.17, 15) is 0 Å². The Balaban J connectivity index is 1.95. The van der Waals surface area contributed by atoms with Gasteiger partial charge < -0.3 is 9.26 Å². The fourth-order valence-corrected chi connectivity index (χ4v) is 2.03. The molecule has 3 rings (SSSR count). The number of ether oxygens (including phenoxy) is 1. The first-order chi connectivity index (χ1) is 11.3. The van der Waals surface area contributed by atoms with Crippen LogP contribution in [0.4, 0.5) is 0 Å². The first-order valence-corrected chi connectivity index (χ1v) is 7.23. The molecule has 0 spiro atoms. The summed E-state index contributed by atoms with van der Waals surface area (Å²) in [7, 11) is 0. The Kier molecular flexibility index (Phi) is 4.29. The van der Waals surface area contributed by atoms with Gasteiger partial charge in [0.05, 0.1) is 18.2 Å². The molecule has 2 heterocycles. The lowest BCUT2D eigenvalue weighted by Gasteiger charge is -2.06. The van der Waals surface area contributed by atoms with Gasteiger partial charge in [0.15, 0.2) is 0 Å². The number of rotatable bonds is 5. The molecule has 0 aliphatic rings. The minimum atomic E-state index is 0.323. The third-order valence-electron chi connectivity index (χ3n) is 3.08. The SMILES string of the molecule is CCCOc1cc(C#N)cc(-c2nc(-c3ccccn3)no2)c1. The highest BCUT2D eigenvalue weighted by Gasteiger charge is 2.13. The van der Waals surface area contributed by atoms with E-state index in [0.29, 0.717) is 40.9 Å². The van der Waals surface area contributed by atoms with Gasteiger partial charge >= 0.3 is 0 Å². The Bertz CT molecular complexity index is 837. The second-order valence-corrected chi connectivity index (χ2v) is 4.84. The van der Waals surface area contributed by atoms with Crippen LogP contribution in [0.5, 0.6) is 5.75 Å². The van der Waals surface area contributed by atoms with E-state index in [1.165, 1.54) is 0 Å². The van der Waals surface area contributed by atoms with E-state index in [4.69, 9.17) is 14.5 Å². The van der Waals surface area contributed by atoms with Crippen LogP contribution in [-0.2, 0) is 0 Å². The minimum Gasteiger partial charge on any atom is -0.494 e. The molecule has 23 heavy (non-hydrogen) atoms. The maximum Gasteiger partial charge on any atom is 0.258 e. The lowest BCUT2D eigenvalue weighted by atomic mass is 10.1. The van der Waals surface area contributed by atoms with Crippen molar-refractivity contribution in [1.82, 2.24) is 15.1 Å². The minimum absolute atomic E-state index is 0.323. The van der Waals surface area contributed by atoms with Gasteiger partial charge in [0.25, 0.3) is 5.89 Å². The van der Waals surface area contributed by atoms with Crippen molar-refractivity contribution in [2.24, 2.45) is 0 Å². The zero-order valence-corrected chi connectivity index (χ0v) is 12.6. The third-order valence-corrected chi connectivity index (χ3v) is 3.08. The zero-order valence-electron chi connectivity index (χ0n) is 12.6. The fraction of sp³-hybridized carbons (Fsp3) is 0.176. The number of pyridine rings is 1. The fourth-order valence-electron chi connectivity index (χ4n) is 2.03. The van der Waals surface area contributed by atoms with Crippen LogP contribution >= 0.6 is 0 Å². The second kappa shape index (κ2) is 6.71. The van der Waals surface area contributed by atoms with Crippen LogP contribution in [0.2, 0.25) is 0 Å². The molecule has 0 atom stereocenters. The Labute approximate surface area is 133 Å². The molecule has 0 fully saturated rings. The molecule has 0 N–H and O–H groups in total. The summed E-state index contributed by atoms with van der Waals surface area (Å²) >= 11 is 0. The van der Waals surface area contributed by atoms with E-state index in [2.05, 4.69) is 21.2 Å². The van der Waals surface area contributed by atoms with Gasteiger partial charge in [0.1, 0.15) is 11.4 Å². The van der Waals surface area contributed by atoms with E-state index >= 15 is 0 Å². The number of hydrogen-bond donors (Lipinski definition) is 0. The molecule has 1 aromatic carbocycles. The van der Waals surface area contributed by atoms with Gasteiger partial charge in [-0.2, -0.15) is 10.2 Å². The van der Waals surface area contributed by atoms with Crippen molar-refractivity contribution in [1.29, 1.82) is 5.26 Å². The largest absolute Gasteiger partial charge is 0.494 e. The molecule has 0 radical (unpaired) electrons. The van der Waals surface area contributed by atoms with Crippen molar-refractivity contribution in [3.05, 3.63) is 48.2 Å². The van der Waals surface area contributed by atoms with Crippen molar-refractivity contribution in [2.45, 2.75) is 13.3 Å². The lowest BCUT2D eigenvalue weighted by Crippen LogP contribution is -1.96. The molecule has 6 heteroatoms. The van der Waals surface area contributed by atoms with Gasteiger partial charge in [0, 0.05) is 11.8 Å². The second-order valence-electron chi connectivity index (χ2n) is 4.84. The molecular formula is C17H14N4O2. The highest BCUT2D eigenvalue weighted by molar-refractivity contribution is 5.61. The van der Waals surface area contributed by atoms with Crippen molar-refractivity contribution in [3.8, 4) is 34.8 Å². The average Bonchev–Trinajstić information content (AvgIpc) is 3.10. The number of benzene rings is 1. The lowest BCUT2D eigenvalue weighted by molar-refractivity contribution is 0.317. The van der Waals surface area contributed by atoms with Gasteiger partial charge in [-0.15, -0.1) is 0 Å². The molecular weight excluding hydrogens is 292 g/mol. The molecule has 0 amide bonds. The third kappa shape index (κ3) is 3.35. The average molecular weight is 306 g/mol. The molecule has 0 aliphatic carbocycles. The van der Waals surface area contributed by atoms with Crippen molar-refractivity contribution >= 4 is 0 Å². The number of hydrogen-bond acceptors (Lipinski definition) is 6. The Morgan fingerprint density at radius 1 is 1.26 bits per heavy atom. The molecule has 114 valence electrons. The summed E-state index contributed by atoms with van der Waals surface area (Å²) in [5, 5.41) is 13.1. The Morgan fingerprint density at radius 3 is 2.91 bits per heavy atom. The summed E-state index contributed by atoms with van der Waals surface area (Å²) in [6, 6.07) is 12.7. The Hall–Kier alpha value is -3.20. The first-order valence-electron chi connectivity index (χ1n) is 7.23. The topological polar surface area (TPSA) is 84.8 Å². The quantitative estimate of drug-likeness (QED) is 0.717. The van der Waals surface area contributed by atoms with Crippen LogP contribution in [-0.4, -0.2) is 21.7 Å². The number of nitriles is 1. The van der Waals surface area contributed by atoms with Crippen molar-refractivity contribution in [2.75, 3.05) is 6.61 Å². The van der Waals surface area contributed by atoms with Gasteiger partial charge in [-0.3, -0.25) is 4.98 Å². The predicted molar refractivity (Wildman–Crippen MR) is 83.5 cm³/mol. The van der Waals surface area contributed by atoms with Crippen LogP contribution < -0.4 is 4.74 Å². The smallest absolute Gasteiger partial charge is 0.258 e. The summed E-state index contributed by atoms with van der Waals surface area (Å²) in [5.74, 6) is 1.33. The predicted octanol–water partition coefficient (Wildman–Crippen LogP) is 3.46. The summed E-state index contributed by atoms with van der Waals surface area (Å²) in [4.78, 5) is 8.53. The normalized spacial score (nSPS) is 10.3.